The first-order valence-corrected chi connectivity index (χ1v) is 9.63. The van der Waals surface area contributed by atoms with Crippen LogP contribution in [0.1, 0.15) is 29.5 Å². The highest BCUT2D eigenvalue weighted by Gasteiger charge is 2.12. The molecule has 2 N–H and O–H groups in total. The smallest absolute Gasteiger partial charge is 0.306 e. The average molecular weight is 447 g/mol. The maximum atomic E-state index is 12.0. The Morgan fingerprint density at radius 3 is 2.25 bits per heavy atom. The first-order valence-electron chi connectivity index (χ1n) is 8.84. The molecule has 0 aliphatic heterocycles. The zero-order chi connectivity index (χ0) is 20.7. The molecule has 0 unspecified atom stereocenters. The molecule has 2 amide bonds. The van der Waals surface area contributed by atoms with E-state index in [4.69, 9.17) is 4.74 Å². The van der Waals surface area contributed by atoms with Crippen molar-refractivity contribution in [1.82, 2.24) is 0 Å². The highest BCUT2D eigenvalue weighted by molar-refractivity contribution is 9.10. The molecule has 148 valence electrons. The van der Waals surface area contributed by atoms with Gasteiger partial charge in [-0.2, -0.15) is 0 Å². The Morgan fingerprint density at radius 2 is 1.54 bits per heavy atom. The monoisotopic (exact) mass is 446 g/mol. The Kier molecular flexibility index (Phi) is 7.75. The van der Waals surface area contributed by atoms with E-state index in [1.807, 2.05) is 51.1 Å². The topological polar surface area (TPSA) is 84.5 Å². The van der Waals surface area contributed by atoms with Crippen LogP contribution in [0.25, 0.3) is 0 Å². The maximum Gasteiger partial charge on any atom is 0.306 e. The van der Waals surface area contributed by atoms with Gasteiger partial charge in [-0.05, 0) is 55.7 Å². The van der Waals surface area contributed by atoms with Crippen LogP contribution >= 0.6 is 15.9 Å². The summed E-state index contributed by atoms with van der Waals surface area (Å²) in [5, 5.41) is 5.47. The Bertz CT molecular complexity index is 896. The van der Waals surface area contributed by atoms with Crippen molar-refractivity contribution in [3.05, 3.63) is 57.6 Å². The van der Waals surface area contributed by atoms with Crippen molar-refractivity contribution in [1.29, 1.82) is 0 Å². The molecular weight excluding hydrogens is 424 g/mol. The van der Waals surface area contributed by atoms with Crippen molar-refractivity contribution in [3.8, 4) is 0 Å². The summed E-state index contributed by atoms with van der Waals surface area (Å²) in [5.41, 5.74) is 4.19. The van der Waals surface area contributed by atoms with Crippen molar-refractivity contribution in [2.75, 3.05) is 17.2 Å². The number of nitrogens with one attached hydrogen (secondary N) is 2. The minimum absolute atomic E-state index is 0.0141. The van der Waals surface area contributed by atoms with Crippen molar-refractivity contribution in [3.63, 3.8) is 0 Å². The van der Waals surface area contributed by atoms with Gasteiger partial charge in [0.25, 0.3) is 5.91 Å². The second kappa shape index (κ2) is 10.0. The number of ether oxygens (including phenoxy) is 1. The number of carbonyl (C=O) groups excluding carboxylic acids is 3. The van der Waals surface area contributed by atoms with E-state index in [0.717, 1.165) is 21.2 Å². The summed E-state index contributed by atoms with van der Waals surface area (Å²) in [6, 6.07) is 11.1. The van der Waals surface area contributed by atoms with Gasteiger partial charge in [0.1, 0.15) is 0 Å². The van der Waals surface area contributed by atoms with E-state index in [2.05, 4.69) is 26.6 Å². The van der Waals surface area contributed by atoms with Crippen LogP contribution in [0.3, 0.4) is 0 Å². The third kappa shape index (κ3) is 6.49. The number of rotatable bonds is 7. The molecule has 0 aromatic heterocycles. The van der Waals surface area contributed by atoms with Gasteiger partial charge in [0.15, 0.2) is 6.61 Å². The summed E-state index contributed by atoms with van der Waals surface area (Å²) >= 11 is 3.44. The van der Waals surface area contributed by atoms with E-state index in [1.165, 1.54) is 0 Å². The normalized spacial score (nSPS) is 10.3. The molecule has 0 fully saturated rings. The number of halogens is 1. The third-order valence-electron chi connectivity index (χ3n) is 4.12. The standard InChI is InChI=1S/C21H23BrN2O4/c1-13-6-4-5-7-17(13)23-19(25)8-9-21(27)28-12-20(26)24-18-11-14(2)16(22)10-15(18)3/h4-7,10-11H,8-9,12H2,1-3H3,(H,23,25)(H,24,26). The second-order valence-electron chi connectivity index (χ2n) is 6.49. The van der Waals surface area contributed by atoms with Crippen LogP contribution in [0, 0.1) is 20.8 Å². The number of para-hydroxylation sites is 1. The molecular formula is C21H23BrN2O4. The van der Waals surface area contributed by atoms with E-state index in [9.17, 15) is 14.4 Å². The molecule has 2 rings (SSSR count). The summed E-state index contributed by atoms with van der Waals surface area (Å²) in [4.78, 5) is 35.7. The summed E-state index contributed by atoms with van der Waals surface area (Å²) in [6.07, 6.45) is -0.110. The predicted octanol–water partition coefficient (Wildman–Crippen LogP) is 4.27. The Hall–Kier alpha value is -2.67. The lowest BCUT2D eigenvalue weighted by molar-refractivity contribution is -0.147. The number of carbonyl (C=O) groups is 3. The molecule has 6 nitrogen and oxygen atoms in total. The van der Waals surface area contributed by atoms with E-state index in [1.54, 1.807) is 6.07 Å². The number of benzene rings is 2. The van der Waals surface area contributed by atoms with Crippen LogP contribution in [0.4, 0.5) is 11.4 Å². The van der Waals surface area contributed by atoms with E-state index >= 15 is 0 Å². The van der Waals surface area contributed by atoms with E-state index < -0.39 is 18.5 Å². The van der Waals surface area contributed by atoms with Gasteiger partial charge < -0.3 is 15.4 Å². The van der Waals surface area contributed by atoms with Crippen LogP contribution in [-0.2, 0) is 19.1 Å². The summed E-state index contributed by atoms with van der Waals surface area (Å²) in [6.45, 7) is 5.28. The molecule has 0 bridgehead atoms. The van der Waals surface area contributed by atoms with Gasteiger partial charge in [-0.3, -0.25) is 14.4 Å². The zero-order valence-corrected chi connectivity index (χ0v) is 17.7. The highest BCUT2D eigenvalue weighted by Crippen LogP contribution is 2.24. The van der Waals surface area contributed by atoms with Gasteiger partial charge in [-0.1, -0.05) is 34.1 Å². The van der Waals surface area contributed by atoms with Gasteiger partial charge >= 0.3 is 5.97 Å². The lowest BCUT2D eigenvalue weighted by Crippen LogP contribution is -2.22. The minimum atomic E-state index is -0.598. The number of aryl methyl sites for hydroxylation is 3. The van der Waals surface area contributed by atoms with Crippen LogP contribution in [0.5, 0.6) is 0 Å². The van der Waals surface area contributed by atoms with Crippen molar-refractivity contribution in [2.45, 2.75) is 33.6 Å². The summed E-state index contributed by atoms with van der Waals surface area (Å²) < 4.78 is 5.91. The molecule has 0 atom stereocenters. The van der Waals surface area contributed by atoms with Crippen LogP contribution in [-0.4, -0.2) is 24.4 Å². The van der Waals surface area contributed by atoms with E-state index in [0.29, 0.717) is 11.4 Å². The second-order valence-corrected chi connectivity index (χ2v) is 7.34. The molecule has 7 heteroatoms. The predicted molar refractivity (Wildman–Crippen MR) is 112 cm³/mol. The number of hydrogen-bond acceptors (Lipinski definition) is 4. The molecule has 28 heavy (non-hydrogen) atoms. The molecule has 0 saturated carbocycles. The van der Waals surface area contributed by atoms with Gasteiger partial charge in [0.2, 0.25) is 5.91 Å². The van der Waals surface area contributed by atoms with Gasteiger partial charge in [0.05, 0.1) is 6.42 Å². The lowest BCUT2D eigenvalue weighted by atomic mass is 10.1. The lowest BCUT2D eigenvalue weighted by Gasteiger charge is -2.11. The van der Waals surface area contributed by atoms with E-state index in [-0.39, 0.29) is 18.7 Å². The quantitative estimate of drug-likeness (QED) is 0.621. The number of hydrogen-bond donors (Lipinski definition) is 2. The van der Waals surface area contributed by atoms with Crippen molar-refractivity contribution in [2.24, 2.45) is 0 Å². The minimum Gasteiger partial charge on any atom is -0.456 e. The number of amides is 2. The maximum absolute atomic E-state index is 12.0. The fourth-order valence-electron chi connectivity index (χ4n) is 2.46. The molecule has 0 heterocycles. The first kappa shape index (κ1) is 21.6. The molecule has 0 saturated heterocycles. The number of esters is 1. The van der Waals surface area contributed by atoms with Crippen LogP contribution < -0.4 is 10.6 Å². The first-order chi connectivity index (χ1) is 13.3. The van der Waals surface area contributed by atoms with Crippen molar-refractivity contribution < 1.29 is 19.1 Å². The Balaban J connectivity index is 1.75. The van der Waals surface area contributed by atoms with Crippen LogP contribution in [0.2, 0.25) is 0 Å². The van der Waals surface area contributed by atoms with Gasteiger partial charge in [-0.15, -0.1) is 0 Å². The molecule has 0 aliphatic carbocycles. The third-order valence-corrected chi connectivity index (χ3v) is 4.97. The largest absolute Gasteiger partial charge is 0.456 e. The van der Waals surface area contributed by atoms with Crippen molar-refractivity contribution >= 4 is 45.1 Å². The molecule has 0 spiro atoms. The van der Waals surface area contributed by atoms with Gasteiger partial charge in [0, 0.05) is 22.3 Å². The Morgan fingerprint density at radius 1 is 0.857 bits per heavy atom. The molecule has 2 aromatic rings. The molecule has 0 aliphatic rings. The van der Waals surface area contributed by atoms with Gasteiger partial charge in [-0.25, -0.2) is 0 Å². The molecule has 0 radical (unpaired) electrons. The summed E-state index contributed by atoms with van der Waals surface area (Å²) in [7, 11) is 0. The zero-order valence-electron chi connectivity index (χ0n) is 16.1. The molecule has 2 aromatic carbocycles. The average Bonchev–Trinajstić information content (AvgIpc) is 2.64. The fourth-order valence-corrected chi connectivity index (χ4v) is 2.92. The highest BCUT2D eigenvalue weighted by atomic mass is 79.9. The van der Waals surface area contributed by atoms with Crippen LogP contribution in [0.15, 0.2) is 40.9 Å². The number of anilines is 2. The SMILES string of the molecule is Cc1cc(NC(=O)COC(=O)CCC(=O)Nc2ccccc2C)c(C)cc1Br. The fraction of sp³-hybridized carbons (Fsp3) is 0.286. The summed E-state index contributed by atoms with van der Waals surface area (Å²) in [5.74, 6) is -1.31. The Labute approximate surface area is 172 Å².